The van der Waals surface area contributed by atoms with Crippen LogP contribution in [-0.2, 0) is 14.3 Å². The van der Waals surface area contributed by atoms with Gasteiger partial charge in [-0.05, 0) is 45.4 Å². The van der Waals surface area contributed by atoms with Crippen molar-refractivity contribution in [2.75, 3.05) is 14.2 Å². The van der Waals surface area contributed by atoms with Crippen LogP contribution >= 0.6 is 0 Å². The highest BCUT2D eigenvalue weighted by molar-refractivity contribution is 6.00. The number of pyridine rings is 1. The minimum Gasteiger partial charge on any atom is -0.481 e. The number of hydrogen-bond donors (Lipinski definition) is 1. The Morgan fingerprint density at radius 1 is 1.12 bits per heavy atom. The Labute approximate surface area is 186 Å². The van der Waals surface area contributed by atoms with Crippen molar-refractivity contribution in [2.24, 2.45) is 0 Å². The molecule has 0 radical (unpaired) electrons. The highest BCUT2D eigenvalue weighted by Crippen LogP contribution is 2.28. The van der Waals surface area contributed by atoms with Gasteiger partial charge in [0, 0.05) is 23.9 Å². The Bertz CT molecular complexity index is 984. The van der Waals surface area contributed by atoms with Crippen LogP contribution in [0.2, 0.25) is 0 Å². The average Bonchev–Trinajstić information content (AvgIpc) is 2.75. The third-order valence-electron chi connectivity index (χ3n) is 4.47. The van der Waals surface area contributed by atoms with E-state index in [-0.39, 0.29) is 5.56 Å². The fraction of sp³-hybridized carbons (Fsp3) is 0.409. The van der Waals surface area contributed by atoms with E-state index in [2.05, 4.69) is 10.3 Å². The van der Waals surface area contributed by atoms with Gasteiger partial charge in [-0.25, -0.2) is 9.78 Å². The number of nitro groups is 1. The highest BCUT2D eigenvalue weighted by atomic mass is 16.6. The molecule has 0 bridgehead atoms. The molecule has 2 aromatic rings. The number of rotatable bonds is 8. The molecule has 0 fully saturated rings. The van der Waals surface area contributed by atoms with Gasteiger partial charge in [0.2, 0.25) is 5.88 Å². The molecule has 0 aliphatic heterocycles. The van der Waals surface area contributed by atoms with E-state index in [0.29, 0.717) is 17.0 Å². The molecular weight excluding hydrogens is 418 g/mol. The van der Waals surface area contributed by atoms with Crippen LogP contribution in [0.1, 0.15) is 38.1 Å². The number of carbonyl (C=O) groups is 2. The Balaban J connectivity index is 2.36. The second kappa shape index (κ2) is 10.2. The Morgan fingerprint density at radius 2 is 1.78 bits per heavy atom. The van der Waals surface area contributed by atoms with E-state index in [1.165, 1.54) is 32.5 Å². The van der Waals surface area contributed by atoms with Crippen molar-refractivity contribution >= 4 is 17.6 Å². The number of methoxy groups -OCH3 is 2. The monoisotopic (exact) mass is 445 g/mol. The Morgan fingerprint density at radius 3 is 2.28 bits per heavy atom. The minimum absolute atomic E-state index is 0.197. The molecule has 1 aromatic heterocycles. The van der Waals surface area contributed by atoms with E-state index >= 15 is 0 Å². The summed E-state index contributed by atoms with van der Waals surface area (Å²) in [5.74, 6) is -1.12. The molecule has 0 unspecified atom stereocenters. The molecule has 1 N–H and O–H groups in total. The first-order chi connectivity index (χ1) is 15.0. The summed E-state index contributed by atoms with van der Waals surface area (Å²) in [6, 6.07) is 6.34. The fourth-order valence-corrected chi connectivity index (χ4v) is 3.07. The van der Waals surface area contributed by atoms with Gasteiger partial charge in [-0.15, -0.1) is 0 Å². The predicted octanol–water partition coefficient (Wildman–Crippen LogP) is 3.14. The van der Waals surface area contributed by atoms with E-state index in [1.54, 1.807) is 45.9 Å². The second-order valence-electron chi connectivity index (χ2n) is 7.99. The largest absolute Gasteiger partial charge is 0.481 e. The first kappa shape index (κ1) is 24.7. The van der Waals surface area contributed by atoms with Crippen molar-refractivity contribution in [2.45, 2.75) is 45.4 Å². The van der Waals surface area contributed by atoms with Gasteiger partial charge in [0.05, 0.1) is 30.8 Å². The molecule has 0 saturated carbocycles. The van der Waals surface area contributed by atoms with Crippen LogP contribution in [0.3, 0.4) is 0 Å². The Hall–Kier alpha value is -3.53. The number of nitrogens with zero attached hydrogens (tertiary/aromatic N) is 2. The van der Waals surface area contributed by atoms with E-state index < -0.39 is 40.2 Å². The number of hydrogen-bond acceptors (Lipinski definition) is 8. The van der Waals surface area contributed by atoms with Crippen molar-refractivity contribution < 1.29 is 28.7 Å². The standard InChI is InChI=1S/C22H27N3O7/c1-13(32-22(2,3)4)19(21(27)31-6)24-20(26)16-9-7-14(11-17(16)25(28)29)15-8-10-18(30-5)23-12-15/h7-13,19H,1-6H3,(H,24,26)/t13-,19+/m1/s1. The number of benzene rings is 1. The summed E-state index contributed by atoms with van der Waals surface area (Å²) in [7, 11) is 2.67. The molecule has 0 aliphatic carbocycles. The predicted molar refractivity (Wildman–Crippen MR) is 116 cm³/mol. The molecule has 2 rings (SSSR count). The second-order valence-corrected chi connectivity index (χ2v) is 7.99. The van der Waals surface area contributed by atoms with Crippen molar-refractivity contribution in [1.29, 1.82) is 0 Å². The molecule has 10 nitrogen and oxygen atoms in total. The number of aromatic nitrogens is 1. The van der Waals surface area contributed by atoms with Crippen LogP contribution in [-0.4, -0.2) is 53.8 Å². The van der Waals surface area contributed by atoms with Crippen molar-refractivity contribution in [3.63, 3.8) is 0 Å². The van der Waals surface area contributed by atoms with Crippen LogP contribution in [0, 0.1) is 10.1 Å². The number of carbonyl (C=O) groups excluding carboxylic acids is 2. The van der Waals surface area contributed by atoms with Crippen LogP contribution in [0.25, 0.3) is 11.1 Å². The maximum atomic E-state index is 12.9. The SMILES string of the molecule is COC(=O)[C@@H](NC(=O)c1ccc(-c2ccc(OC)nc2)cc1[N+](=O)[O-])[C@@H](C)OC(C)(C)C. The molecule has 1 heterocycles. The third-order valence-corrected chi connectivity index (χ3v) is 4.47. The van der Waals surface area contributed by atoms with Crippen molar-refractivity contribution in [3.05, 3.63) is 52.2 Å². The lowest BCUT2D eigenvalue weighted by Gasteiger charge is -2.29. The number of ether oxygens (including phenoxy) is 3. The number of amides is 1. The lowest BCUT2D eigenvalue weighted by molar-refractivity contribution is -0.385. The molecule has 0 aliphatic rings. The summed E-state index contributed by atoms with van der Waals surface area (Å²) in [5.41, 5.74) is -0.0880. The van der Waals surface area contributed by atoms with E-state index in [0.717, 1.165) is 0 Å². The van der Waals surface area contributed by atoms with Gasteiger partial charge < -0.3 is 19.5 Å². The molecular formula is C22H27N3O7. The summed E-state index contributed by atoms with van der Waals surface area (Å²) >= 11 is 0. The summed E-state index contributed by atoms with van der Waals surface area (Å²) in [6.45, 7) is 7.02. The number of esters is 1. The quantitative estimate of drug-likeness (QED) is 0.373. The van der Waals surface area contributed by atoms with Crippen LogP contribution in [0.4, 0.5) is 5.69 Å². The first-order valence-electron chi connectivity index (χ1n) is 9.82. The maximum absolute atomic E-state index is 12.9. The first-order valence-corrected chi connectivity index (χ1v) is 9.82. The summed E-state index contributed by atoms with van der Waals surface area (Å²) < 4.78 is 15.6. The fourth-order valence-electron chi connectivity index (χ4n) is 3.07. The highest BCUT2D eigenvalue weighted by Gasteiger charge is 2.33. The molecule has 172 valence electrons. The zero-order valence-electron chi connectivity index (χ0n) is 18.9. The summed E-state index contributed by atoms with van der Waals surface area (Å²) in [4.78, 5) is 40.3. The molecule has 0 saturated heterocycles. The maximum Gasteiger partial charge on any atom is 0.331 e. The van der Waals surface area contributed by atoms with Gasteiger partial charge >= 0.3 is 5.97 Å². The van der Waals surface area contributed by atoms with E-state index in [4.69, 9.17) is 14.2 Å². The van der Waals surface area contributed by atoms with Gasteiger partial charge in [0.1, 0.15) is 5.56 Å². The molecule has 2 atom stereocenters. The summed E-state index contributed by atoms with van der Waals surface area (Å²) in [5, 5.41) is 14.2. The zero-order chi connectivity index (χ0) is 24.1. The van der Waals surface area contributed by atoms with Gasteiger partial charge in [0.25, 0.3) is 11.6 Å². The number of nitrogens with one attached hydrogen (secondary N) is 1. The van der Waals surface area contributed by atoms with E-state index in [1.807, 2.05) is 0 Å². The smallest absolute Gasteiger partial charge is 0.331 e. The van der Waals surface area contributed by atoms with Gasteiger partial charge in [-0.3, -0.25) is 14.9 Å². The zero-order valence-corrected chi connectivity index (χ0v) is 18.9. The molecule has 32 heavy (non-hydrogen) atoms. The molecule has 10 heteroatoms. The number of nitro benzene ring substituents is 1. The van der Waals surface area contributed by atoms with Crippen molar-refractivity contribution in [1.82, 2.24) is 10.3 Å². The normalized spacial score (nSPS) is 13.1. The van der Waals surface area contributed by atoms with Crippen LogP contribution in [0.15, 0.2) is 36.5 Å². The van der Waals surface area contributed by atoms with Crippen molar-refractivity contribution in [3.8, 4) is 17.0 Å². The Kier molecular flexibility index (Phi) is 7.87. The molecule has 1 amide bonds. The average molecular weight is 445 g/mol. The minimum atomic E-state index is -1.16. The van der Waals surface area contributed by atoms with Crippen LogP contribution < -0.4 is 10.1 Å². The topological polar surface area (TPSA) is 130 Å². The lowest BCUT2D eigenvalue weighted by Crippen LogP contribution is -2.51. The molecule has 1 aromatic carbocycles. The van der Waals surface area contributed by atoms with Gasteiger partial charge in [-0.2, -0.15) is 0 Å². The summed E-state index contributed by atoms with van der Waals surface area (Å²) in [6.07, 6.45) is 0.770. The van der Waals surface area contributed by atoms with E-state index in [9.17, 15) is 19.7 Å². The molecule has 0 spiro atoms. The van der Waals surface area contributed by atoms with Gasteiger partial charge in [0.15, 0.2) is 6.04 Å². The van der Waals surface area contributed by atoms with Gasteiger partial charge in [-0.1, -0.05) is 6.07 Å². The lowest BCUT2D eigenvalue weighted by atomic mass is 10.0. The third kappa shape index (κ3) is 6.24. The van der Waals surface area contributed by atoms with Crippen LogP contribution in [0.5, 0.6) is 5.88 Å².